The number of halogens is 1. The first-order chi connectivity index (χ1) is 12.9. The zero-order valence-electron chi connectivity index (χ0n) is 15.0. The third-order valence-electron chi connectivity index (χ3n) is 4.30. The molecular formula is C20H24ClNO5. The van der Waals surface area contributed by atoms with Gasteiger partial charge in [0.25, 0.3) is 0 Å². The monoisotopic (exact) mass is 393 g/mol. The van der Waals surface area contributed by atoms with Crippen LogP contribution in [0, 0.1) is 0 Å². The number of hydrogen-bond donors (Lipinski definition) is 1. The van der Waals surface area contributed by atoms with E-state index in [2.05, 4.69) is 5.32 Å². The van der Waals surface area contributed by atoms with Crippen molar-refractivity contribution >= 4 is 12.4 Å². The van der Waals surface area contributed by atoms with Gasteiger partial charge in [-0.1, -0.05) is 12.1 Å². The molecule has 0 spiro atoms. The molecule has 7 heteroatoms. The molecule has 0 unspecified atom stereocenters. The van der Waals surface area contributed by atoms with Crippen molar-refractivity contribution in [3.05, 3.63) is 42.5 Å². The molecule has 1 N–H and O–H groups in total. The van der Waals surface area contributed by atoms with Gasteiger partial charge < -0.3 is 29.0 Å². The number of para-hydroxylation sites is 2. The van der Waals surface area contributed by atoms with Gasteiger partial charge in [-0.05, 0) is 43.7 Å². The normalized spacial score (nSPS) is 16.5. The van der Waals surface area contributed by atoms with E-state index in [1.54, 1.807) is 0 Å². The average Bonchev–Trinajstić information content (AvgIpc) is 3.15. The highest BCUT2D eigenvalue weighted by Gasteiger charge is 2.19. The second kappa shape index (κ2) is 9.58. The number of unbranched alkanes of at least 4 members (excludes halogenated alkanes) is 1. The Hall–Kier alpha value is -2.31. The minimum Gasteiger partial charge on any atom is -0.493 e. The maximum Gasteiger partial charge on any atom is 0.231 e. The van der Waals surface area contributed by atoms with E-state index in [4.69, 9.17) is 23.7 Å². The summed E-state index contributed by atoms with van der Waals surface area (Å²) >= 11 is 0. The number of benzene rings is 2. The van der Waals surface area contributed by atoms with Crippen LogP contribution in [-0.4, -0.2) is 39.2 Å². The molecule has 0 radical (unpaired) electrons. The maximum atomic E-state index is 5.92. The number of hydrogen-bond acceptors (Lipinski definition) is 6. The summed E-state index contributed by atoms with van der Waals surface area (Å²) in [5.41, 5.74) is 0. The van der Waals surface area contributed by atoms with Crippen LogP contribution < -0.4 is 29.0 Å². The lowest BCUT2D eigenvalue weighted by Gasteiger charge is -2.26. The van der Waals surface area contributed by atoms with E-state index >= 15 is 0 Å². The molecule has 2 heterocycles. The standard InChI is InChI=1S/C20H23NO5.ClH/c1-2-6-19-17(5-1)23-13-16(26-19)12-21-9-3-4-10-22-15-7-8-18-20(11-15)25-14-24-18;/h1-2,5-8,11,16,21H,3-4,9-10,12-14H2;1H/t16-;/m0./s1. The minimum atomic E-state index is 0. The fraction of sp³-hybridized carbons (Fsp3) is 0.400. The van der Waals surface area contributed by atoms with Crippen molar-refractivity contribution in [2.24, 2.45) is 0 Å². The molecule has 0 amide bonds. The molecule has 2 aliphatic heterocycles. The minimum absolute atomic E-state index is 0. The molecule has 6 nitrogen and oxygen atoms in total. The summed E-state index contributed by atoms with van der Waals surface area (Å²) in [6.45, 7) is 3.24. The predicted octanol–water partition coefficient (Wildman–Crippen LogP) is 3.43. The van der Waals surface area contributed by atoms with Crippen molar-refractivity contribution in [1.29, 1.82) is 0 Å². The summed E-state index contributed by atoms with van der Waals surface area (Å²) < 4.78 is 28.0. The first-order valence-electron chi connectivity index (χ1n) is 9.00. The van der Waals surface area contributed by atoms with Crippen LogP contribution in [0.2, 0.25) is 0 Å². The van der Waals surface area contributed by atoms with E-state index in [1.807, 2.05) is 42.5 Å². The molecule has 4 rings (SSSR count). The smallest absolute Gasteiger partial charge is 0.231 e. The Labute approximate surface area is 165 Å². The lowest BCUT2D eigenvalue weighted by molar-refractivity contribution is 0.0904. The van der Waals surface area contributed by atoms with E-state index in [1.165, 1.54) is 0 Å². The number of nitrogens with one attached hydrogen (secondary N) is 1. The Kier molecular flexibility index (Phi) is 6.90. The fourth-order valence-corrected chi connectivity index (χ4v) is 2.94. The van der Waals surface area contributed by atoms with Gasteiger partial charge in [0, 0.05) is 12.6 Å². The third kappa shape index (κ3) is 5.11. The van der Waals surface area contributed by atoms with Gasteiger partial charge in [-0.2, -0.15) is 0 Å². The zero-order valence-corrected chi connectivity index (χ0v) is 15.8. The molecule has 0 fully saturated rings. The van der Waals surface area contributed by atoms with Crippen LogP contribution in [0.15, 0.2) is 42.5 Å². The average molecular weight is 394 g/mol. The molecule has 2 aliphatic rings. The lowest BCUT2D eigenvalue weighted by atomic mass is 10.2. The van der Waals surface area contributed by atoms with Crippen molar-refractivity contribution in [1.82, 2.24) is 5.32 Å². The Morgan fingerprint density at radius 1 is 0.926 bits per heavy atom. The van der Waals surface area contributed by atoms with Crippen LogP contribution in [0.4, 0.5) is 0 Å². The second-order valence-corrected chi connectivity index (χ2v) is 6.27. The summed E-state index contributed by atoms with van der Waals surface area (Å²) in [5.74, 6) is 3.99. The number of fused-ring (bicyclic) bond motifs is 2. The van der Waals surface area contributed by atoms with Crippen LogP contribution in [0.5, 0.6) is 28.7 Å². The Balaban J connectivity index is 0.00000210. The van der Waals surface area contributed by atoms with Gasteiger partial charge in [0.2, 0.25) is 6.79 Å². The van der Waals surface area contributed by atoms with Gasteiger partial charge in [0.05, 0.1) is 6.61 Å². The molecule has 0 aromatic heterocycles. The Morgan fingerprint density at radius 2 is 1.74 bits per heavy atom. The quantitative estimate of drug-likeness (QED) is 0.693. The highest BCUT2D eigenvalue weighted by atomic mass is 35.5. The Morgan fingerprint density at radius 3 is 2.67 bits per heavy atom. The van der Waals surface area contributed by atoms with Crippen molar-refractivity contribution in [3.63, 3.8) is 0 Å². The van der Waals surface area contributed by atoms with E-state index in [9.17, 15) is 0 Å². The van der Waals surface area contributed by atoms with Gasteiger partial charge in [-0.15, -0.1) is 12.4 Å². The van der Waals surface area contributed by atoms with Crippen LogP contribution >= 0.6 is 12.4 Å². The first kappa shape index (κ1) is 19.5. The van der Waals surface area contributed by atoms with Crippen molar-refractivity contribution in [2.75, 3.05) is 33.1 Å². The maximum absolute atomic E-state index is 5.92. The third-order valence-corrected chi connectivity index (χ3v) is 4.30. The van der Waals surface area contributed by atoms with Gasteiger partial charge in [-0.3, -0.25) is 0 Å². The van der Waals surface area contributed by atoms with Crippen LogP contribution in [0.1, 0.15) is 12.8 Å². The topological polar surface area (TPSA) is 58.2 Å². The van der Waals surface area contributed by atoms with E-state index in [0.717, 1.165) is 54.7 Å². The molecule has 0 aliphatic carbocycles. The van der Waals surface area contributed by atoms with E-state index in [0.29, 0.717) is 13.2 Å². The predicted molar refractivity (Wildman–Crippen MR) is 104 cm³/mol. The zero-order chi connectivity index (χ0) is 17.6. The van der Waals surface area contributed by atoms with Crippen molar-refractivity contribution in [2.45, 2.75) is 18.9 Å². The van der Waals surface area contributed by atoms with Crippen LogP contribution in [-0.2, 0) is 0 Å². The number of rotatable bonds is 8. The molecule has 27 heavy (non-hydrogen) atoms. The Bertz CT molecular complexity index is 742. The summed E-state index contributed by atoms with van der Waals surface area (Å²) in [6, 6.07) is 13.4. The fourth-order valence-electron chi connectivity index (χ4n) is 2.94. The largest absolute Gasteiger partial charge is 0.493 e. The van der Waals surface area contributed by atoms with Gasteiger partial charge in [-0.25, -0.2) is 0 Å². The molecular weight excluding hydrogens is 370 g/mol. The molecule has 0 saturated carbocycles. The highest BCUT2D eigenvalue weighted by Crippen LogP contribution is 2.35. The van der Waals surface area contributed by atoms with Crippen molar-refractivity contribution in [3.8, 4) is 28.7 Å². The molecule has 0 saturated heterocycles. The highest BCUT2D eigenvalue weighted by molar-refractivity contribution is 5.85. The molecule has 1 atom stereocenters. The SMILES string of the molecule is Cl.c1ccc2c(c1)OC[C@H](CNCCCCOc1ccc3c(c1)OCO3)O2. The molecule has 146 valence electrons. The summed E-state index contributed by atoms with van der Waals surface area (Å²) in [7, 11) is 0. The first-order valence-corrected chi connectivity index (χ1v) is 9.00. The number of ether oxygens (including phenoxy) is 5. The van der Waals surface area contributed by atoms with Gasteiger partial charge >= 0.3 is 0 Å². The lowest BCUT2D eigenvalue weighted by Crippen LogP contribution is -2.38. The summed E-state index contributed by atoms with van der Waals surface area (Å²) in [5, 5.41) is 3.42. The van der Waals surface area contributed by atoms with Gasteiger partial charge in [0.1, 0.15) is 18.5 Å². The molecule has 2 aromatic rings. The van der Waals surface area contributed by atoms with E-state index in [-0.39, 0.29) is 25.3 Å². The molecule has 0 bridgehead atoms. The van der Waals surface area contributed by atoms with Gasteiger partial charge in [0.15, 0.2) is 23.0 Å². The summed E-state index contributed by atoms with van der Waals surface area (Å²) in [6.07, 6.45) is 2.07. The summed E-state index contributed by atoms with van der Waals surface area (Å²) in [4.78, 5) is 0. The van der Waals surface area contributed by atoms with Crippen molar-refractivity contribution < 1.29 is 23.7 Å². The second-order valence-electron chi connectivity index (χ2n) is 6.27. The van der Waals surface area contributed by atoms with Crippen LogP contribution in [0.3, 0.4) is 0 Å². The molecule has 2 aromatic carbocycles. The van der Waals surface area contributed by atoms with E-state index < -0.39 is 0 Å². The van der Waals surface area contributed by atoms with Crippen LogP contribution in [0.25, 0.3) is 0 Å².